The number of aromatic nitrogens is 2. The number of hydrogen-bond donors (Lipinski definition) is 0. The predicted octanol–water partition coefficient (Wildman–Crippen LogP) is 2.24. The number of likely N-dealkylation sites (tertiary alicyclic amines) is 1. The Balaban J connectivity index is 1.68. The van der Waals surface area contributed by atoms with Gasteiger partial charge in [-0.25, -0.2) is 0 Å². The van der Waals surface area contributed by atoms with Crippen LogP contribution in [0.3, 0.4) is 0 Å². The molecule has 1 atom stereocenters. The third kappa shape index (κ3) is 4.44. The van der Waals surface area contributed by atoms with E-state index in [0.717, 1.165) is 18.7 Å². The maximum atomic E-state index is 13.0. The third-order valence-corrected chi connectivity index (χ3v) is 4.68. The lowest BCUT2D eigenvalue weighted by molar-refractivity contribution is 0.0523. The van der Waals surface area contributed by atoms with E-state index in [1.54, 1.807) is 43.4 Å². The summed E-state index contributed by atoms with van der Waals surface area (Å²) in [5.74, 6) is 2.29. The Bertz CT molecular complexity index is 810. The quantitative estimate of drug-likeness (QED) is 0.753. The van der Waals surface area contributed by atoms with Crippen LogP contribution in [-0.4, -0.2) is 68.5 Å². The van der Waals surface area contributed by atoms with Crippen LogP contribution in [0.15, 0.2) is 30.3 Å². The van der Waals surface area contributed by atoms with Gasteiger partial charge in [0, 0.05) is 32.8 Å². The van der Waals surface area contributed by atoms with Crippen LogP contribution in [0, 0.1) is 0 Å². The summed E-state index contributed by atoms with van der Waals surface area (Å²) in [5.41, 5.74) is 0.513. The molecule has 1 fully saturated rings. The zero-order valence-corrected chi connectivity index (χ0v) is 16.7. The van der Waals surface area contributed by atoms with Gasteiger partial charge in [-0.15, -0.1) is 10.2 Å². The second kappa shape index (κ2) is 8.77. The summed E-state index contributed by atoms with van der Waals surface area (Å²) in [6.45, 7) is 1.17. The van der Waals surface area contributed by atoms with Crippen molar-refractivity contribution in [2.75, 3.05) is 46.3 Å². The maximum Gasteiger partial charge on any atom is 0.257 e. The van der Waals surface area contributed by atoms with Gasteiger partial charge in [-0.2, -0.15) is 0 Å². The van der Waals surface area contributed by atoms with E-state index < -0.39 is 0 Å². The number of ether oxygens (including phenoxy) is 3. The lowest BCUT2D eigenvalue weighted by Gasteiger charge is -2.33. The second-order valence-corrected chi connectivity index (χ2v) is 6.82. The highest BCUT2D eigenvalue weighted by molar-refractivity contribution is 5.97. The minimum absolute atomic E-state index is 0.0816. The Morgan fingerprint density at radius 2 is 1.96 bits per heavy atom. The van der Waals surface area contributed by atoms with Crippen LogP contribution in [-0.2, 0) is 0 Å². The van der Waals surface area contributed by atoms with Gasteiger partial charge in [0.25, 0.3) is 5.91 Å². The number of rotatable bonds is 6. The number of carbonyl (C=O) groups excluding carboxylic acids is 1. The summed E-state index contributed by atoms with van der Waals surface area (Å²) >= 11 is 0. The molecule has 1 saturated heterocycles. The van der Waals surface area contributed by atoms with E-state index in [1.807, 2.05) is 25.1 Å². The van der Waals surface area contributed by atoms with E-state index in [2.05, 4.69) is 10.2 Å². The number of benzene rings is 1. The standard InChI is InChI=1S/C20H26N4O4/c1-23(2)18-9-10-19(22-21-18)28-15-6-5-11-24(13-15)20(25)16-8-7-14(26-3)12-17(16)27-4/h7-10,12,15H,5-6,11,13H2,1-4H3. The fourth-order valence-corrected chi connectivity index (χ4v) is 3.15. The van der Waals surface area contributed by atoms with Gasteiger partial charge in [-0.1, -0.05) is 0 Å². The van der Waals surface area contributed by atoms with Gasteiger partial charge in [-0.05, 0) is 31.0 Å². The molecule has 1 unspecified atom stereocenters. The van der Waals surface area contributed by atoms with Crippen molar-refractivity contribution in [2.24, 2.45) is 0 Å². The molecule has 28 heavy (non-hydrogen) atoms. The van der Waals surface area contributed by atoms with E-state index >= 15 is 0 Å². The van der Waals surface area contributed by atoms with Crippen molar-refractivity contribution in [1.82, 2.24) is 15.1 Å². The van der Waals surface area contributed by atoms with Crippen molar-refractivity contribution in [3.63, 3.8) is 0 Å². The SMILES string of the molecule is COc1ccc(C(=O)N2CCCC(Oc3ccc(N(C)C)nn3)C2)c(OC)c1. The Hall–Kier alpha value is -3.03. The number of piperidine rings is 1. The van der Waals surface area contributed by atoms with E-state index in [4.69, 9.17) is 14.2 Å². The molecule has 2 heterocycles. The molecule has 8 nitrogen and oxygen atoms in total. The molecule has 0 spiro atoms. The van der Waals surface area contributed by atoms with Crippen molar-refractivity contribution < 1.29 is 19.0 Å². The van der Waals surface area contributed by atoms with Crippen LogP contribution in [0.2, 0.25) is 0 Å². The summed E-state index contributed by atoms with van der Waals surface area (Å²) in [4.78, 5) is 16.7. The first kappa shape index (κ1) is 19.7. The lowest BCUT2D eigenvalue weighted by Crippen LogP contribution is -2.44. The molecule has 0 bridgehead atoms. The Morgan fingerprint density at radius 3 is 2.61 bits per heavy atom. The first-order chi connectivity index (χ1) is 13.5. The van der Waals surface area contributed by atoms with Crippen LogP contribution in [0.4, 0.5) is 5.82 Å². The van der Waals surface area contributed by atoms with Crippen LogP contribution in [0.25, 0.3) is 0 Å². The zero-order chi connectivity index (χ0) is 20.1. The van der Waals surface area contributed by atoms with Gasteiger partial charge in [0.2, 0.25) is 5.88 Å². The van der Waals surface area contributed by atoms with Crippen LogP contribution in [0.1, 0.15) is 23.2 Å². The van der Waals surface area contributed by atoms with Crippen molar-refractivity contribution >= 4 is 11.7 Å². The van der Waals surface area contributed by atoms with Crippen molar-refractivity contribution in [1.29, 1.82) is 0 Å². The molecular weight excluding hydrogens is 360 g/mol. The summed E-state index contributed by atoms with van der Waals surface area (Å²) in [5, 5.41) is 8.24. The minimum atomic E-state index is -0.124. The Kier molecular flexibility index (Phi) is 6.18. The largest absolute Gasteiger partial charge is 0.497 e. The first-order valence-electron chi connectivity index (χ1n) is 9.21. The van der Waals surface area contributed by atoms with E-state index in [1.165, 1.54) is 0 Å². The monoisotopic (exact) mass is 386 g/mol. The predicted molar refractivity (Wildman–Crippen MR) is 105 cm³/mol. The van der Waals surface area contributed by atoms with Crippen molar-refractivity contribution in [3.8, 4) is 17.4 Å². The third-order valence-electron chi connectivity index (χ3n) is 4.68. The molecule has 0 saturated carbocycles. The molecule has 0 aliphatic carbocycles. The molecule has 1 aromatic heterocycles. The lowest BCUT2D eigenvalue weighted by atomic mass is 10.1. The molecular formula is C20H26N4O4. The van der Waals surface area contributed by atoms with Gasteiger partial charge < -0.3 is 24.0 Å². The molecule has 1 aliphatic heterocycles. The minimum Gasteiger partial charge on any atom is -0.497 e. The first-order valence-corrected chi connectivity index (χ1v) is 9.21. The molecule has 1 amide bonds. The number of carbonyl (C=O) groups is 1. The number of hydrogen-bond acceptors (Lipinski definition) is 7. The number of anilines is 1. The average Bonchev–Trinajstić information content (AvgIpc) is 2.73. The fourth-order valence-electron chi connectivity index (χ4n) is 3.15. The number of nitrogens with zero attached hydrogens (tertiary/aromatic N) is 4. The van der Waals surface area contributed by atoms with E-state index in [-0.39, 0.29) is 12.0 Å². The number of amides is 1. The normalized spacial score (nSPS) is 16.4. The van der Waals surface area contributed by atoms with Crippen molar-refractivity contribution in [3.05, 3.63) is 35.9 Å². The molecule has 2 aromatic rings. The van der Waals surface area contributed by atoms with Gasteiger partial charge in [0.15, 0.2) is 5.82 Å². The highest BCUT2D eigenvalue weighted by atomic mass is 16.5. The van der Waals surface area contributed by atoms with Gasteiger partial charge in [0.1, 0.15) is 17.6 Å². The molecule has 3 rings (SSSR count). The van der Waals surface area contributed by atoms with Gasteiger partial charge >= 0.3 is 0 Å². The maximum absolute atomic E-state index is 13.0. The summed E-state index contributed by atoms with van der Waals surface area (Å²) in [7, 11) is 6.94. The molecule has 1 aromatic carbocycles. The average molecular weight is 386 g/mol. The highest BCUT2D eigenvalue weighted by Crippen LogP contribution is 2.27. The second-order valence-electron chi connectivity index (χ2n) is 6.82. The van der Waals surface area contributed by atoms with Crippen LogP contribution < -0.4 is 19.1 Å². The topological polar surface area (TPSA) is 77.0 Å². The molecule has 150 valence electrons. The summed E-state index contributed by atoms with van der Waals surface area (Å²) in [6.07, 6.45) is 1.60. The van der Waals surface area contributed by atoms with Crippen LogP contribution >= 0.6 is 0 Å². The van der Waals surface area contributed by atoms with E-state index in [0.29, 0.717) is 36.0 Å². The Morgan fingerprint density at radius 1 is 1.14 bits per heavy atom. The van der Waals surface area contributed by atoms with Crippen molar-refractivity contribution in [2.45, 2.75) is 18.9 Å². The molecule has 1 aliphatic rings. The van der Waals surface area contributed by atoms with Crippen LogP contribution in [0.5, 0.6) is 17.4 Å². The van der Waals surface area contributed by atoms with Gasteiger partial charge in [-0.3, -0.25) is 4.79 Å². The summed E-state index contributed by atoms with van der Waals surface area (Å²) < 4.78 is 16.5. The summed E-state index contributed by atoms with van der Waals surface area (Å²) in [6, 6.07) is 8.87. The number of methoxy groups -OCH3 is 2. The van der Waals surface area contributed by atoms with E-state index in [9.17, 15) is 4.79 Å². The Labute approximate surface area is 165 Å². The highest BCUT2D eigenvalue weighted by Gasteiger charge is 2.27. The fraction of sp³-hybridized carbons (Fsp3) is 0.450. The van der Waals surface area contributed by atoms with Gasteiger partial charge in [0.05, 0.1) is 26.3 Å². The smallest absolute Gasteiger partial charge is 0.257 e. The molecule has 0 N–H and O–H groups in total. The molecule has 8 heteroatoms. The molecule has 0 radical (unpaired) electrons. The zero-order valence-electron chi connectivity index (χ0n) is 16.7.